The van der Waals surface area contributed by atoms with Crippen molar-refractivity contribution in [1.29, 1.82) is 0 Å². The minimum Gasteiger partial charge on any atom is -0.345 e. The number of carbonyl (C=O) groups excluding carboxylic acids is 2. The number of aromatic nitrogens is 5. The van der Waals surface area contributed by atoms with Gasteiger partial charge in [-0.3, -0.25) is 4.79 Å². The van der Waals surface area contributed by atoms with E-state index in [1.807, 2.05) is 0 Å². The van der Waals surface area contributed by atoms with Gasteiger partial charge < -0.3 is 15.5 Å². The summed E-state index contributed by atoms with van der Waals surface area (Å²) in [6.45, 7) is -0.262. The normalized spacial score (nSPS) is 20.0. The molecular weight excluding hydrogens is 455 g/mol. The molecule has 4 radical (unpaired) electrons. The lowest BCUT2D eigenvalue weighted by molar-refractivity contribution is -0.156. The molecule has 172 valence electrons. The highest BCUT2D eigenvalue weighted by Gasteiger charge is 2.57. The van der Waals surface area contributed by atoms with Crippen LogP contribution in [0.15, 0.2) is 23.1 Å². The number of alkyl halides is 3. The van der Waals surface area contributed by atoms with Crippen molar-refractivity contribution in [1.82, 2.24) is 40.4 Å². The molecule has 1 aliphatic heterocycles. The molecule has 3 aromatic rings. The molecule has 4 heterocycles. The average Bonchev–Trinajstić information content (AvgIpc) is 3.25. The molecule has 0 bridgehead atoms. The summed E-state index contributed by atoms with van der Waals surface area (Å²) in [5.41, 5.74) is 1.84. The van der Waals surface area contributed by atoms with E-state index in [1.165, 1.54) is 16.8 Å². The lowest BCUT2D eigenvalue weighted by Crippen LogP contribution is -2.58. The molecule has 1 saturated carbocycles. The minimum atomic E-state index is -4.82. The van der Waals surface area contributed by atoms with E-state index in [4.69, 9.17) is 15.7 Å². The number of halogens is 3. The molecule has 0 aromatic carbocycles. The number of carbonyl (C=O) groups is 2. The molecule has 2 fully saturated rings. The van der Waals surface area contributed by atoms with Gasteiger partial charge in [-0.05, 0) is 35.0 Å². The van der Waals surface area contributed by atoms with Crippen LogP contribution in [0.25, 0.3) is 5.65 Å². The molecule has 3 amide bonds. The van der Waals surface area contributed by atoms with E-state index < -0.39 is 29.5 Å². The van der Waals surface area contributed by atoms with Gasteiger partial charge in [0.25, 0.3) is 5.91 Å². The van der Waals surface area contributed by atoms with Crippen LogP contribution >= 0.6 is 0 Å². The third kappa shape index (κ3) is 3.96. The first-order valence-corrected chi connectivity index (χ1v) is 10.2. The zero-order valence-electron chi connectivity index (χ0n) is 17.4. The number of nitrogens with zero attached hydrogens (tertiary/aromatic N) is 6. The first-order valence-electron chi connectivity index (χ1n) is 10.2. The monoisotopic (exact) mass is 470 g/mol. The maximum Gasteiger partial charge on any atom is 0.409 e. The Balaban J connectivity index is 1.28. The first-order chi connectivity index (χ1) is 16.0. The lowest BCUT2D eigenvalue weighted by Gasteiger charge is -2.36. The highest BCUT2D eigenvalue weighted by atomic mass is 19.4. The summed E-state index contributed by atoms with van der Waals surface area (Å²) in [7, 11) is 11.3. The van der Waals surface area contributed by atoms with E-state index >= 15 is 0 Å². The summed E-state index contributed by atoms with van der Waals surface area (Å²) in [4.78, 5) is 29.5. The maximum absolute atomic E-state index is 13.2. The number of fused-ring (bicyclic) bond motifs is 1. The molecule has 1 atom stereocenters. The SMILES string of the molecule is [B]C1([B])C(C(F)(F)F)NC(=O)N1Cc1cnn2cc(CNC(=O)c3nonc3C3CC3)nc2c1. The fourth-order valence-electron chi connectivity index (χ4n) is 3.75. The summed E-state index contributed by atoms with van der Waals surface area (Å²) in [5.74, 6) is -0.259. The van der Waals surface area contributed by atoms with Crippen molar-refractivity contribution in [2.75, 3.05) is 0 Å². The second-order valence-corrected chi connectivity index (χ2v) is 8.25. The van der Waals surface area contributed by atoms with Gasteiger partial charge in [-0.15, -0.1) is 0 Å². The first kappa shape index (κ1) is 22.2. The van der Waals surface area contributed by atoms with Crippen molar-refractivity contribution >= 4 is 33.3 Å². The van der Waals surface area contributed by atoms with Crippen LogP contribution in [-0.4, -0.2) is 75.0 Å². The van der Waals surface area contributed by atoms with Crippen molar-refractivity contribution in [3.05, 3.63) is 41.1 Å². The van der Waals surface area contributed by atoms with Crippen molar-refractivity contribution in [3.8, 4) is 0 Å². The molecule has 1 aliphatic carbocycles. The van der Waals surface area contributed by atoms with Gasteiger partial charge in [-0.1, -0.05) is 5.16 Å². The van der Waals surface area contributed by atoms with Crippen LogP contribution in [0, 0.1) is 0 Å². The third-order valence-corrected chi connectivity index (χ3v) is 5.66. The van der Waals surface area contributed by atoms with Crippen molar-refractivity contribution < 1.29 is 27.4 Å². The Morgan fingerprint density at radius 1 is 1.32 bits per heavy atom. The van der Waals surface area contributed by atoms with Crippen LogP contribution in [0.1, 0.15) is 46.2 Å². The van der Waals surface area contributed by atoms with Gasteiger partial charge in [-0.25, -0.2) is 18.9 Å². The van der Waals surface area contributed by atoms with E-state index in [2.05, 4.69) is 30.3 Å². The molecule has 1 unspecified atom stereocenters. The summed E-state index contributed by atoms with van der Waals surface area (Å²) >= 11 is 0. The van der Waals surface area contributed by atoms with Crippen LogP contribution in [0.3, 0.4) is 0 Å². The minimum absolute atomic E-state index is 0.0605. The van der Waals surface area contributed by atoms with Crippen LogP contribution in [0.2, 0.25) is 0 Å². The Morgan fingerprint density at radius 2 is 2.09 bits per heavy atom. The van der Waals surface area contributed by atoms with Gasteiger partial charge in [0.2, 0.25) is 0 Å². The molecule has 34 heavy (non-hydrogen) atoms. The number of hydrogen-bond acceptors (Lipinski definition) is 7. The van der Waals surface area contributed by atoms with E-state index in [0.717, 1.165) is 12.8 Å². The fourth-order valence-corrected chi connectivity index (χ4v) is 3.75. The van der Waals surface area contributed by atoms with Gasteiger partial charge in [0, 0.05) is 12.5 Å². The topological polar surface area (TPSA) is 131 Å². The van der Waals surface area contributed by atoms with Crippen LogP contribution in [-0.2, 0) is 13.1 Å². The third-order valence-electron chi connectivity index (χ3n) is 5.66. The summed E-state index contributed by atoms with van der Waals surface area (Å²) in [5, 5.41) is 13.6. The number of amides is 3. The van der Waals surface area contributed by atoms with Crippen molar-refractivity contribution in [2.24, 2.45) is 0 Å². The number of hydrogen-bond donors (Lipinski definition) is 2. The summed E-state index contributed by atoms with van der Waals surface area (Å²) < 4.78 is 45.6. The van der Waals surface area contributed by atoms with Crippen molar-refractivity contribution in [2.45, 2.75) is 49.4 Å². The zero-order valence-corrected chi connectivity index (χ0v) is 17.4. The Morgan fingerprint density at radius 3 is 2.76 bits per heavy atom. The molecule has 0 spiro atoms. The standard InChI is InChI=1S/C18H15B2F3N8O3/c19-17(20)15(18(21,22)23)27-16(33)30(17)6-8-3-11-26-10(7-31(11)25-4-8)5-24-14(32)13-12(9-1-2-9)28-34-29-13/h3-4,7,9,15H,1-2,5-6H2,(H,24,32)(H,27,33). The van der Waals surface area contributed by atoms with Gasteiger partial charge >= 0.3 is 12.2 Å². The second-order valence-electron chi connectivity index (χ2n) is 8.25. The summed E-state index contributed by atoms with van der Waals surface area (Å²) in [6.07, 6.45) is -0.0361. The largest absolute Gasteiger partial charge is 0.409 e. The highest BCUT2D eigenvalue weighted by Crippen LogP contribution is 2.40. The molecule has 2 N–H and O–H groups in total. The van der Waals surface area contributed by atoms with E-state index in [-0.39, 0.29) is 24.7 Å². The maximum atomic E-state index is 13.2. The average molecular weight is 470 g/mol. The van der Waals surface area contributed by atoms with Gasteiger partial charge in [0.1, 0.15) is 11.7 Å². The number of imidazole rings is 1. The molecule has 3 aromatic heterocycles. The fraction of sp³-hybridized carbons (Fsp3) is 0.444. The number of urea groups is 1. The van der Waals surface area contributed by atoms with E-state index in [0.29, 0.717) is 27.5 Å². The van der Waals surface area contributed by atoms with Crippen LogP contribution < -0.4 is 10.6 Å². The van der Waals surface area contributed by atoms with Crippen LogP contribution in [0.4, 0.5) is 18.0 Å². The molecule has 1 saturated heterocycles. The highest BCUT2D eigenvalue weighted by molar-refractivity contribution is 6.42. The quantitative estimate of drug-likeness (QED) is 0.498. The number of nitrogens with one attached hydrogen (secondary N) is 2. The predicted molar refractivity (Wildman–Crippen MR) is 109 cm³/mol. The Labute approximate surface area is 192 Å². The van der Waals surface area contributed by atoms with E-state index in [9.17, 15) is 22.8 Å². The second kappa shape index (κ2) is 7.74. The predicted octanol–water partition coefficient (Wildman–Crippen LogP) is 0.367. The number of rotatable bonds is 6. The summed E-state index contributed by atoms with van der Waals surface area (Å²) in [6, 6.07) is -1.95. The van der Waals surface area contributed by atoms with Crippen LogP contribution in [0.5, 0.6) is 0 Å². The smallest absolute Gasteiger partial charge is 0.345 e. The molecule has 11 nitrogen and oxygen atoms in total. The van der Waals surface area contributed by atoms with E-state index in [1.54, 1.807) is 11.5 Å². The Bertz CT molecular complexity index is 1270. The zero-order chi connectivity index (χ0) is 24.3. The van der Waals surface area contributed by atoms with Gasteiger partial charge in [-0.2, -0.15) is 18.3 Å². The van der Waals surface area contributed by atoms with Gasteiger partial charge in [0.05, 0.1) is 40.3 Å². The molecule has 16 heteroatoms. The molecular formula is C18H15B2F3N8O3. The lowest BCUT2D eigenvalue weighted by atomic mass is 9.57. The van der Waals surface area contributed by atoms with Gasteiger partial charge in [0.15, 0.2) is 11.3 Å². The van der Waals surface area contributed by atoms with Crippen molar-refractivity contribution in [3.63, 3.8) is 0 Å². The Kier molecular flexibility index (Phi) is 5.06. The molecule has 5 rings (SSSR count). The molecule has 2 aliphatic rings. The Hall–Kier alpha value is -3.58.